The fourth-order valence-corrected chi connectivity index (χ4v) is 4.83. The second-order valence-corrected chi connectivity index (χ2v) is 8.86. The number of carbonyl (C=O) groups is 1. The fourth-order valence-electron chi connectivity index (χ4n) is 4.83. The van der Waals surface area contributed by atoms with Crippen molar-refractivity contribution in [3.05, 3.63) is 60.2 Å². The molecule has 1 N–H and O–H groups in total. The van der Waals surface area contributed by atoms with Gasteiger partial charge in [0, 0.05) is 19.0 Å². The highest BCUT2D eigenvalue weighted by molar-refractivity contribution is 5.78. The van der Waals surface area contributed by atoms with Gasteiger partial charge in [0.2, 0.25) is 5.91 Å². The third-order valence-electron chi connectivity index (χ3n) is 6.72. The highest BCUT2D eigenvalue weighted by Crippen LogP contribution is 2.24. The van der Waals surface area contributed by atoms with Crippen molar-refractivity contribution in [2.75, 3.05) is 19.6 Å². The Balaban J connectivity index is 1.21. The summed E-state index contributed by atoms with van der Waals surface area (Å²) in [5, 5.41) is 3.25. The van der Waals surface area contributed by atoms with E-state index in [1.807, 2.05) is 0 Å². The van der Waals surface area contributed by atoms with Crippen LogP contribution in [0.1, 0.15) is 50.5 Å². The molecule has 2 aromatic carbocycles. The summed E-state index contributed by atoms with van der Waals surface area (Å²) in [5.41, 5.74) is 3.88. The van der Waals surface area contributed by atoms with Crippen molar-refractivity contribution in [3.63, 3.8) is 0 Å². The van der Waals surface area contributed by atoms with E-state index in [1.54, 1.807) is 0 Å². The highest BCUT2D eigenvalue weighted by Gasteiger charge is 2.25. The van der Waals surface area contributed by atoms with Gasteiger partial charge in [-0.05, 0) is 61.4 Å². The van der Waals surface area contributed by atoms with Crippen molar-refractivity contribution >= 4 is 5.91 Å². The van der Waals surface area contributed by atoms with Gasteiger partial charge >= 0.3 is 0 Å². The molecular formula is C26H34N2O. The van der Waals surface area contributed by atoms with E-state index in [-0.39, 0.29) is 5.92 Å². The molecule has 1 aliphatic carbocycles. The van der Waals surface area contributed by atoms with Crippen LogP contribution >= 0.6 is 0 Å². The summed E-state index contributed by atoms with van der Waals surface area (Å²) >= 11 is 0. The lowest BCUT2D eigenvalue weighted by atomic mass is 9.89. The number of nitrogens with zero attached hydrogens (tertiary/aromatic N) is 1. The zero-order valence-corrected chi connectivity index (χ0v) is 17.5. The van der Waals surface area contributed by atoms with Crippen LogP contribution in [0.3, 0.4) is 0 Å². The van der Waals surface area contributed by atoms with Crippen LogP contribution in [0.15, 0.2) is 54.6 Å². The molecule has 3 heteroatoms. The van der Waals surface area contributed by atoms with Crippen molar-refractivity contribution in [2.45, 2.75) is 51.5 Å². The molecule has 0 bridgehead atoms. The minimum atomic E-state index is 0.204. The zero-order chi connectivity index (χ0) is 19.9. The monoisotopic (exact) mass is 390 g/mol. The molecule has 1 saturated carbocycles. The summed E-state index contributed by atoms with van der Waals surface area (Å²) in [6, 6.07) is 19.4. The number of nitrogens with one attached hydrogen (secondary N) is 1. The van der Waals surface area contributed by atoms with E-state index in [9.17, 15) is 4.79 Å². The molecule has 0 atom stereocenters. The Kier molecular flexibility index (Phi) is 7.00. The van der Waals surface area contributed by atoms with Crippen molar-refractivity contribution < 1.29 is 4.79 Å². The molecule has 4 rings (SSSR count). The van der Waals surface area contributed by atoms with E-state index in [2.05, 4.69) is 64.8 Å². The maximum absolute atomic E-state index is 12.5. The summed E-state index contributed by atoms with van der Waals surface area (Å²) in [6.07, 6.45) is 8.61. The van der Waals surface area contributed by atoms with Gasteiger partial charge in [-0.1, -0.05) is 73.9 Å². The minimum Gasteiger partial charge on any atom is -0.356 e. The second kappa shape index (κ2) is 10.1. The molecule has 2 aliphatic rings. The second-order valence-electron chi connectivity index (χ2n) is 8.86. The lowest BCUT2D eigenvalue weighted by Crippen LogP contribution is -2.41. The van der Waals surface area contributed by atoms with Gasteiger partial charge in [-0.25, -0.2) is 0 Å². The first-order valence-corrected chi connectivity index (χ1v) is 11.4. The van der Waals surface area contributed by atoms with Crippen LogP contribution in [-0.2, 0) is 11.3 Å². The first kappa shape index (κ1) is 20.2. The van der Waals surface area contributed by atoms with Gasteiger partial charge in [0.1, 0.15) is 0 Å². The van der Waals surface area contributed by atoms with E-state index in [1.165, 1.54) is 48.8 Å². The third kappa shape index (κ3) is 5.70. The standard InChI is InChI=1S/C26H34N2O/c29-26(27-19-21-7-3-1-4-8-21)25-15-17-28(18-16-25)20-22-11-13-24(14-12-22)23-9-5-2-6-10-23/h2,5-6,9-14,21,25H,1,3-4,7-8,15-20H2,(H,27,29). The molecule has 0 radical (unpaired) electrons. The molecule has 1 amide bonds. The van der Waals surface area contributed by atoms with Crippen LogP contribution < -0.4 is 5.32 Å². The molecule has 1 heterocycles. The van der Waals surface area contributed by atoms with Crippen molar-refractivity contribution in [3.8, 4) is 11.1 Å². The van der Waals surface area contributed by atoms with Gasteiger partial charge < -0.3 is 5.32 Å². The molecule has 154 valence electrons. The zero-order valence-electron chi connectivity index (χ0n) is 17.5. The summed E-state index contributed by atoms with van der Waals surface area (Å²) in [5.74, 6) is 1.21. The Labute approximate surface area is 175 Å². The van der Waals surface area contributed by atoms with Crippen LogP contribution in [0.5, 0.6) is 0 Å². The first-order valence-electron chi connectivity index (χ1n) is 11.4. The van der Waals surface area contributed by atoms with Crippen molar-refractivity contribution in [1.29, 1.82) is 0 Å². The van der Waals surface area contributed by atoms with Gasteiger partial charge in [0.15, 0.2) is 0 Å². The Hall–Kier alpha value is -2.13. The lowest BCUT2D eigenvalue weighted by Gasteiger charge is -2.32. The normalized spacial score (nSPS) is 19.2. The van der Waals surface area contributed by atoms with Crippen LogP contribution in [-0.4, -0.2) is 30.4 Å². The van der Waals surface area contributed by atoms with E-state index in [4.69, 9.17) is 0 Å². The number of piperidine rings is 1. The largest absolute Gasteiger partial charge is 0.356 e. The van der Waals surface area contributed by atoms with Crippen molar-refractivity contribution in [2.24, 2.45) is 11.8 Å². The predicted octanol–water partition coefficient (Wildman–Crippen LogP) is 5.26. The van der Waals surface area contributed by atoms with Crippen LogP contribution in [0.4, 0.5) is 0 Å². The van der Waals surface area contributed by atoms with Gasteiger partial charge in [0.25, 0.3) is 0 Å². The van der Waals surface area contributed by atoms with E-state index in [0.717, 1.165) is 39.0 Å². The smallest absolute Gasteiger partial charge is 0.223 e. The van der Waals surface area contributed by atoms with E-state index < -0.39 is 0 Å². The number of likely N-dealkylation sites (tertiary alicyclic amines) is 1. The van der Waals surface area contributed by atoms with E-state index in [0.29, 0.717) is 11.8 Å². The maximum atomic E-state index is 12.5. The summed E-state index contributed by atoms with van der Waals surface area (Å²) in [7, 11) is 0. The molecule has 29 heavy (non-hydrogen) atoms. The summed E-state index contributed by atoms with van der Waals surface area (Å²) in [4.78, 5) is 15.0. The minimum absolute atomic E-state index is 0.204. The number of hydrogen-bond acceptors (Lipinski definition) is 2. The molecule has 2 fully saturated rings. The number of hydrogen-bond donors (Lipinski definition) is 1. The van der Waals surface area contributed by atoms with Gasteiger partial charge in [0.05, 0.1) is 0 Å². The lowest BCUT2D eigenvalue weighted by molar-refractivity contribution is -0.126. The number of amides is 1. The highest BCUT2D eigenvalue weighted by atomic mass is 16.1. The summed E-state index contributed by atoms with van der Waals surface area (Å²) in [6.45, 7) is 3.90. The van der Waals surface area contributed by atoms with Crippen LogP contribution in [0, 0.1) is 11.8 Å². The Bertz CT molecular complexity index is 757. The average Bonchev–Trinajstić information content (AvgIpc) is 2.80. The quantitative estimate of drug-likeness (QED) is 0.729. The Morgan fingerprint density at radius 2 is 1.48 bits per heavy atom. The SMILES string of the molecule is O=C(NCC1CCCCC1)C1CCN(Cc2ccc(-c3ccccc3)cc2)CC1. The van der Waals surface area contributed by atoms with Crippen LogP contribution in [0.2, 0.25) is 0 Å². The Morgan fingerprint density at radius 3 is 2.17 bits per heavy atom. The summed E-state index contributed by atoms with van der Waals surface area (Å²) < 4.78 is 0. The maximum Gasteiger partial charge on any atom is 0.223 e. The molecule has 0 spiro atoms. The first-order chi connectivity index (χ1) is 14.3. The molecular weight excluding hydrogens is 356 g/mol. The Morgan fingerprint density at radius 1 is 0.828 bits per heavy atom. The average molecular weight is 391 g/mol. The molecule has 2 aromatic rings. The third-order valence-corrected chi connectivity index (χ3v) is 6.72. The fraction of sp³-hybridized carbons (Fsp3) is 0.500. The van der Waals surface area contributed by atoms with Crippen LogP contribution in [0.25, 0.3) is 11.1 Å². The number of carbonyl (C=O) groups excluding carboxylic acids is 1. The van der Waals surface area contributed by atoms with Gasteiger partial charge in [-0.15, -0.1) is 0 Å². The van der Waals surface area contributed by atoms with Gasteiger partial charge in [-0.3, -0.25) is 9.69 Å². The number of rotatable bonds is 6. The number of benzene rings is 2. The molecule has 0 unspecified atom stereocenters. The topological polar surface area (TPSA) is 32.3 Å². The molecule has 1 saturated heterocycles. The molecule has 1 aliphatic heterocycles. The van der Waals surface area contributed by atoms with E-state index >= 15 is 0 Å². The van der Waals surface area contributed by atoms with Crippen molar-refractivity contribution in [1.82, 2.24) is 10.2 Å². The van der Waals surface area contributed by atoms with Gasteiger partial charge in [-0.2, -0.15) is 0 Å². The predicted molar refractivity (Wildman–Crippen MR) is 119 cm³/mol. The molecule has 0 aromatic heterocycles. The molecule has 3 nitrogen and oxygen atoms in total.